The van der Waals surface area contributed by atoms with Crippen LogP contribution in [0.25, 0.3) is 0 Å². The number of ether oxygens (including phenoxy) is 1. The van der Waals surface area contributed by atoms with E-state index >= 15 is 0 Å². The van der Waals surface area contributed by atoms with Crippen LogP contribution in [-0.4, -0.2) is 58.3 Å². The number of rotatable bonds is 5. The first-order valence-electron chi connectivity index (χ1n) is 8.83. The average Bonchev–Trinajstić information content (AvgIpc) is 3.29. The summed E-state index contributed by atoms with van der Waals surface area (Å²) in [5.41, 5.74) is 0.990. The van der Waals surface area contributed by atoms with Crippen LogP contribution in [0, 0.1) is 5.92 Å². The van der Waals surface area contributed by atoms with Gasteiger partial charge in [0.1, 0.15) is 6.10 Å². The number of imidazole rings is 1. The summed E-state index contributed by atoms with van der Waals surface area (Å²) in [6.45, 7) is 2.44. The molecule has 1 aromatic heterocycles. The second-order valence-corrected chi connectivity index (χ2v) is 7.39. The maximum atomic E-state index is 12.4. The minimum atomic E-state index is -0.263. The third kappa shape index (κ3) is 4.17. The maximum absolute atomic E-state index is 12.4. The van der Waals surface area contributed by atoms with Crippen molar-refractivity contribution in [2.75, 3.05) is 26.0 Å². The normalized spacial score (nSPS) is 21.5. The van der Waals surface area contributed by atoms with Gasteiger partial charge < -0.3 is 19.5 Å². The Hall–Kier alpha value is -1.54. The van der Waals surface area contributed by atoms with Gasteiger partial charge >= 0.3 is 0 Å². The molecule has 0 saturated carbocycles. The third-order valence-corrected chi connectivity index (χ3v) is 5.80. The van der Waals surface area contributed by atoms with Gasteiger partial charge in [0.2, 0.25) is 5.91 Å². The molecule has 0 unspecified atom stereocenters. The molecule has 7 nitrogen and oxygen atoms in total. The molecule has 2 aliphatic rings. The van der Waals surface area contributed by atoms with Crippen molar-refractivity contribution in [2.45, 2.75) is 43.5 Å². The Morgan fingerprint density at radius 3 is 2.72 bits per heavy atom. The molecule has 0 radical (unpaired) electrons. The highest BCUT2D eigenvalue weighted by molar-refractivity contribution is 7.98. The van der Waals surface area contributed by atoms with Crippen LogP contribution in [0.2, 0.25) is 0 Å². The van der Waals surface area contributed by atoms with Crippen molar-refractivity contribution in [2.24, 2.45) is 13.0 Å². The van der Waals surface area contributed by atoms with Gasteiger partial charge in [0.15, 0.2) is 5.16 Å². The standard InChI is InChI=1S/C17H26N4O3S/c1-20-13(11-19-17(20)25-2)10-18-15(22)12-5-7-21(8-6-12)16(23)14-4-3-9-24-14/h11-12,14H,3-10H2,1-2H3,(H,18,22)/t14-/m1/s1. The molecule has 1 atom stereocenters. The molecule has 0 aromatic carbocycles. The number of nitrogens with zero attached hydrogens (tertiary/aromatic N) is 3. The van der Waals surface area contributed by atoms with E-state index in [1.54, 1.807) is 18.0 Å². The number of hydrogen-bond donors (Lipinski definition) is 1. The zero-order chi connectivity index (χ0) is 17.8. The zero-order valence-corrected chi connectivity index (χ0v) is 15.7. The molecule has 0 spiro atoms. The summed E-state index contributed by atoms with van der Waals surface area (Å²) < 4.78 is 7.47. The smallest absolute Gasteiger partial charge is 0.251 e. The Labute approximate surface area is 152 Å². The summed E-state index contributed by atoms with van der Waals surface area (Å²) in [5, 5.41) is 3.94. The van der Waals surface area contributed by atoms with E-state index in [9.17, 15) is 9.59 Å². The van der Waals surface area contributed by atoms with E-state index in [4.69, 9.17) is 4.74 Å². The van der Waals surface area contributed by atoms with E-state index in [-0.39, 0.29) is 23.8 Å². The Balaban J connectivity index is 1.45. The molecule has 0 bridgehead atoms. The molecular weight excluding hydrogens is 340 g/mol. The molecule has 2 fully saturated rings. The second kappa shape index (κ2) is 8.23. The summed E-state index contributed by atoms with van der Waals surface area (Å²) in [4.78, 5) is 30.9. The van der Waals surface area contributed by atoms with Gasteiger partial charge in [0, 0.05) is 32.7 Å². The van der Waals surface area contributed by atoms with Crippen molar-refractivity contribution in [1.82, 2.24) is 19.8 Å². The van der Waals surface area contributed by atoms with Crippen LogP contribution in [0.15, 0.2) is 11.4 Å². The average molecular weight is 366 g/mol. The topological polar surface area (TPSA) is 76.5 Å². The van der Waals surface area contributed by atoms with Crippen LogP contribution in [0.5, 0.6) is 0 Å². The van der Waals surface area contributed by atoms with Crippen molar-refractivity contribution >= 4 is 23.6 Å². The molecule has 2 amide bonds. The third-order valence-electron chi connectivity index (χ3n) is 5.05. The van der Waals surface area contributed by atoms with Crippen LogP contribution in [0.1, 0.15) is 31.4 Å². The number of aromatic nitrogens is 2. The summed E-state index contributed by atoms with van der Waals surface area (Å²) in [6, 6.07) is 0. The van der Waals surface area contributed by atoms with Gasteiger partial charge in [0.05, 0.1) is 18.4 Å². The Kier molecular flexibility index (Phi) is 6.01. The maximum Gasteiger partial charge on any atom is 0.251 e. The Bertz CT molecular complexity index is 619. The van der Waals surface area contributed by atoms with E-state index < -0.39 is 0 Å². The first-order valence-corrected chi connectivity index (χ1v) is 10.0. The lowest BCUT2D eigenvalue weighted by molar-refractivity contribution is -0.143. The van der Waals surface area contributed by atoms with Crippen LogP contribution in [0.4, 0.5) is 0 Å². The molecule has 8 heteroatoms. The van der Waals surface area contributed by atoms with Crippen molar-refractivity contribution in [3.8, 4) is 0 Å². The fraction of sp³-hybridized carbons (Fsp3) is 0.706. The van der Waals surface area contributed by atoms with Gasteiger partial charge in [-0.3, -0.25) is 9.59 Å². The minimum absolute atomic E-state index is 0.0261. The van der Waals surface area contributed by atoms with Gasteiger partial charge in [-0.25, -0.2) is 4.98 Å². The summed E-state index contributed by atoms with van der Waals surface area (Å²) in [6.07, 6.45) is 6.73. The number of thioether (sulfide) groups is 1. The van der Waals surface area contributed by atoms with Gasteiger partial charge in [0.25, 0.3) is 5.91 Å². The molecule has 1 N–H and O–H groups in total. The molecule has 3 heterocycles. The highest BCUT2D eigenvalue weighted by Gasteiger charge is 2.32. The molecule has 2 aliphatic heterocycles. The van der Waals surface area contributed by atoms with Crippen molar-refractivity contribution in [1.29, 1.82) is 0 Å². The monoisotopic (exact) mass is 366 g/mol. The fourth-order valence-corrected chi connectivity index (χ4v) is 3.99. The van der Waals surface area contributed by atoms with Gasteiger partial charge in [-0.15, -0.1) is 0 Å². The van der Waals surface area contributed by atoms with Crippen LogP contribution < -0.4 is 5.32 Å². The molecule has 1 aromatic rings. The lowest BCUT2D eigenvalue weighted by Crippen LogP contribution is -2.46. The molecule has 138 valence electrons. The highest BCUT2D eigenvalue weighted by Crippen LogP contribution is 2.21. The van der Waals surface area contributed by atoms with Crippen molar-refractivity contribution in [3.05, 3.63) is 11.9 Å². The lowest BCUT2D eigenvalue weighted by atomic mass is 9.95. The molecule has 0 aliphatic carbocycles. The highest BCUT2D eigenvalue weighted by atomic mass is 32.2. The number of carbonyl (C=O) groups excluding carboxylic acids is 2. The van der Waals surface area contributed by atoms with Crippen LogP contribution in [0.3, 0.4) is 0 Å². The number of piperidine rings is 1. The molecule has 3 rings (SSSR count). The Morgan fingerprint density at radius 1 is 1.36 bits per heavy atom. The number of carbonyl (C=O) groups is 2. The van der Waals surface area contributed by atoms with E-state index in [0.717, 1.165) is 23.7 Å². The molecule has 2 saturated heterocycles. The second-order valence-electron chi connectivity index (χ2n) is 6.61. The van der Waals surface area contributed by atoms with Crippen LogP contribution >= 0.6 is 11.8 Å². The first-order chi connectivity index (χ1) is 12.1. The van der Waals surface area contributed by atoms with Gasteiger partial charge in [-0.05, 0) is 31.9 Å². The number of hydrogen-bond acceptors (Lipinski definition) is 5. The quantitative estimate of drug-likeness (QED) is 0.792. The summed E-state index contributed by atoms with van der Waals surface area (Å²) >= 11 is 1.58. The number of nitrogens with one attached hydrogen (secondary N) is 1. The fourth-order valence-electron chi connectivity index (χ4n) is 3.44. The van der Waals surface area contributed by atoms with Gasteiger partial charge in [-0.2, -0.15) is 0 Å². The summed E-state index contributed by atoms with van der Waals surface area (Å²) in [7, 11) is 1.95. The number of amides is 2. The van der Waals surface area contributed by atoms with Crippen molar-refractivity contribution in [3.63, 3.8) is 0 Å². The predicted octanol–water partition coefficient (Wildman–Crippen LogP) is 1.18. The summed E-state index contributed by atoms with van der Waals surface area (Å²) in [5.74, 6) is 0.133. The minimum Gasteiger partial charge on any atom is -0.368 e. The van der Waals surface area contributed by atoms with E-state index in [1.165, 1.54) is 0 Å². The van der Waals surface area contributed by atoms with E-state index in [2.05, 4.69) is 10.3 Å². The van der Waals surface area contributed by atoms with Gasteiger partial charge in [-0.1, -0.05) is 11.8 Å². The zero-order valence-electron chi connectivity index (χ0n) is 14.9. The van der Waals surface area contributed by atoms with Crippen LogP contribution in [-0.2, 0) is 27.9 Å². The molecular formula is C17H26N4O3S. The number of likely N-dealkylation sites (tertiary alicyclic amines) is 1. The largest absolute Gasteiger partial charge is 0.368 e. The molecule has 25 heavy (non-hydrogen) atoms. The first kappa shape index (κ1) is 18.3. The lowest BCUT2D eigenvalue weighted by Gasteiger charge is -2.32. The van der Waals surface area contributed by atoms with Crippen molar-refractivity contribution < 1.29 is 14.3 Å². The van der Waals surface area contributed by atoms with E-state index in [1.807, 2.05) is 22.8 Å². The van der Waals surface area contributed by atoms with E-state index in [0.29, 0.717) is 39.1 Å². The predicted molar refractivity (Wildman–Crippen MR) is 95.1 cm³/mol. The SMILES string of the molecule is CSc1ncc(CNC(=O)C2CCN(C(=O)[C@H]3CCCO3)CC2)n1C. The Morgan fingerprint density at radius 2 is 2.12 bits per heavy atom.